The average Bonchev–Trinajstić information content (AvgIpc) is 2.49. The molecule has 1 fully saturated rings. The first kappa shape index (κ1) is 15.6. The Kier molecular flexibility index (Phi) is 5.64. The maximum absolute atomic E-state index is 12.1. The lowest BCUT2D eigenvalue weighted by molar-refractivity contribution is -0.121. The Hall–Kier alpha value is -0.830. The van der Waals surface area contributed by atoms with Gasteiger partial charge in [-0.05, 0) is 36.3 Å². The summed E-state index contributed by atoms with van der Waals surface area (Å²) in [6, 6.07) is 8.11. The van der Waals surface area contributed by atoms with Gasteiger partial charge >= 0.3 is 0 Å². The number of halogens is 1. The lowest BCUT2D eigenvalue weighted by Crippen LogP contribution is -2.40. The highest BCUT2D eigenvalue weighted by Gasteiger charge is 2.31. The van der Waals surface area contributed by atoms with Crippen molar-refractivity contribution in [3.8, 4) is 0 Å². The van der Waals surface area contributed by atoms with Gasteiger partial charge in [-0.2, -0.15) is 0 Å². The summed E-state index contributed by atoms with van der Waals surface area (Å²) in [5, 5.41) is 4.14. The number of amides is 1. The number of hydrogen-bond acceptors (Lipinski definition) is 1. The molecule has 1 saturated carbocycles. The molecule has 1 aliphatic carbocycles. The molecule has 2 rings (SSSR count). The molecular formula is C17H24BrNO. The van der Waals surface area contributed by atoms with Gasteiger partial charge in [0.2, 0.25) is 5.91 Å². The minimum atomic E-state index is 0.144. The molecule has 1 N–H and O–H groups in total. The first-order valence-electron chi connectivity index (χ1n) is 7.52. The summed E-state index contributed by atoms with van der Waals surface area (Å²) < 4.78 is 0. The number of carbonyl (C=O) groups excluding carboxylic acids is 1. The van der Waals surface area contributed by atoms with Crippen LogP contribution >= 0.6 is 15.9 Å². The maximum atomic E-state index is 12.1. The molecule has 0 spiro atoms. The molecule has 1 amide bonds. The van der Waals surface area contributed by atoms with Gasteiger partial charge in [0.1, 0.15) is 0 Å². The molecule has 110 valence electrons. The van der Waals surface area contributed by atoms with Gasteiger partial charge < -0.3 is 5.32 Å². The number of benzene rings is 1. The predicted molar refractivity (Wildman–Crippen MR) is 87.2 cm³/mol. The van der Waals surface area contributed by atoms with E-state index in [1.807, 2.05) is 18.2 Å². The van der Waals surface area contributed by atoms with E-state index in [9.17, 15) is 4.79 Å². The highest BCUT2D eigenvalue weighted by Crippen LogP contribution is 2.37. The Labute approximate surface area is 130 Å². The van der Waals surface area contributed by atoms with Crippen molar-refractivity contribution in [2.75, 3.05) is 11.9 Å². The SMILES string of the molecule is Cc1ccccc1CC(=O)NCC1(CBr)CCCCC1. The number of nitrogens with one attached hydrogen (secondary N) is 1. The van der Waals surface area contributed by atoms with Crippen LogP contribution in [-0.2, 0) is 11.2 Å². The second-order valence-corrected chi connectivity index (χ2v) is 6.64. The van der Waals surface area contributed by atoms with Crippen molar-refractivity contribution < 1.29 is 4.79 Å². The zero-order valence-electron chi connectivity index (χ0n) is 12.3. The fraction of sp³-hybridized carbons (Fsp3) is 0.588. The molecule has 3 heteroatoms. The lowest BCUT2D eigenvalue weighted by atomic mass is 9.75. The predicted octanol–water partition coefficient (Wildman–Crippen LogP) is 4.00. The monoisotopic (exact) mass is 337 g/mol. The van der Waals surface area contributed by atoms with Crippen molar-refractivity contribution in [3.05, 3.63) is 35.4 Å². The van der Waals surface area contributed by atoms with E-state index >= 15 is 0 Å². The molecule has 1 aromatic rings. The molecule has 20 heavy (non-hydrogen) atoms. The van der Waals surface area contributed by atoms with E-state index in [0.29, 0.717) is 6.42 Å². The topological polar surface area (TPSA) is 29.1 Å². The van der Waals surface area contributed by atoms with E-state index in [2.05, 4.69) is 34.2 Å². The van der Waals surface area contributed by atoms with E-state index in [-0.39, 0.29) is 11.3 Å². The third-order valence-electron chi connectivity index (χ3n) is 4.47. The van der Waals surface area contributed by atoms with Gasteiger partial charge in [-0.3, -0.25) is 4.79 Å². The van der Waals surface area contributed by atoms with Crippen LogP contribution in [0.1, 0.15) is 43.2 Å². The largest absolute Gasteiger partial charge is 0.355 e. The van der Waals surface area contributed by atoms with Crippen molar-refractivity contribution in [2.24, 2.45) is 5.41 Å². The third kappa shape index (κ3) is 4.08. The Morgan fingerprint density at radius 1 is 1.25 bits per heavy atom. The van der Waals surface area contributed by atoms with Crippen LogP contribution in [0.2, 0.25) is 0 Å². The summed E-state index contributed by atoms with van der Waals surface area (Å²) in [6.07, 6.45) is 6.86. The quantitative estimate of drug-likeness (QED) is 0.808. The van der Waals surface area contributed by atoms with Crippen LogP contribution in [0.25, 0.3) is 0 Å². The summed E-state index contributed by atoms with van der Waals surface area (Å²) in [5.41, 5.74) is 2.59. The number of rotatable bonds is 5. The molecule has 0 heterocycles. The van der Waals surface area contributed by atoms with Crippen molar-refractivity contribution in [1.29, 1.82) is 0 Å². The van der Waals surface area contributed by atoms with Crippen LogP contribution in [0.5, 0.6) is 0 Å². The van der Waals surface area contributed by atoms with E-state index in [0.717, 1.165) is 17.4 Å². The van der Waals surface area contributed by atoms with E-state index in [4.69, 9.17) is 0 Å². The first-order chi connectivity index (χ1) is 9.65. The Balaban J connectivity index is 1.87. The molecule has 0 radical (unpaired) electrons. The van der Waals surface area contributed by atoms with Crippen molar-refractivity contribution in [1.82, 2.24) is 5.32 Å². The van der Waals surface area contributed by atoms with Gasteiger partial charge in [0, 0.05) is 11.9 Å². The molecule has 0 saturated heterocycles. The molecular weight excluding hydrogens is 314 g/mol. The number of alkyl halides is 1. The Morgan fingerprint density at radius 2 is 1.95 bits per heavy atom. The van der Waals surface area contributed by atoms with Gasteiger partial charge in [0.05, 0.1) is 6.42 Å². The smallest absolute Gasteiger partial charge is 0.224 e. The zero-order valence-corrected chi connectivity index (χ0v) is 13.8. The minimum Gasteiger partial charge on any atom is -0.355 e. The standard InChI is InChI=1S/C17H24BrNO/c1-14-7-3-4-8-15(14)11-16(20)19-13-17(12-18)9-5-2-6-10-17/h3-4,7-8H,2,5-6,9-13H2,1H3,(H,19,20). The van der Waals surface area contributed by atoms with Crippen LogP contribution in [0.4, 0.5) is 0 Å². The van der Waals surface area contributed by atoms with Crippen LogP contribution in [0.3, 0.4) is 0 Å². The number of hydrogen-bond donors (Lipinski definition) is 1. The first-order valence-corrected chi connectivity index (χ1v) is 8.65. The number of carbonyl (C=O) groups is 1. The minimum absolute atomic E-state index is 0.144. The maximum Gasteiger partial charge on any atom is 0.224 e. The van der Waals surface area contributed by atoms with E-state index < -0.39 is 0 Å². The summed E-state index contributed by atoms with van der Waals surface area (Å²) in [5.74, 6) is 0.144. The van der Waals surface area contributed by atoms with Crippen molar-refractivity contribution >= 4 is 21.8 Å². The number of aryl methyl sites for hydroxylation is 1. The molecule has 1 aromatic carbocycles. The van der Waals surface area contributed by atoms with Gasteiger partial charge in [-0.25, -0.2) is 0 Å². The molecule has 0 aromatic heterocycles. The fourth-order valence-electron chi connectivity index (χ4n) is 2.99. The summed E-state index contributed by atoms with van der Waals surface area (Å²) >= 11 is 3.65. The Morgan fingerprint density at radius 3 is 2.60 bits per heavy atom. The fourth-order valence-corrected chi connectivity index (χ4v) is 3.75. The second kappa shape index (κ2) is 7.26. The second-order valence-electron chi connectivity index (χ2n) is 6.07. The highest BCUT2D eigenvalue weighted by atomic mass is 79.9. The summed E-state index contributed by atoms with van der Waals surface area (Å²) in [6.45, 7) is 2.87. The molecule has 0 unspecified atom stereocenters. The molecule has 0 aliphatic heterocycles. The zero-order chi connectivity index (χ0) is 14.4. The summed E-state index contributed by atoms with van der Waals surface area (Å²) in [7, 11) is 0. The van der Waals surface area contributed by atoms with E-state index in [1.54, 1.807) is 0 Å². The molecule has 0 atom stereocenters. The third-order valence-corrected chi connectivity index (χ3v) is 5.66. The average molecular weight is 338 g/mol. The van der Waals surface area contributed by atoms with Crippen LogP contribution in [-0.4, -0.2) is 17.8 Å². The normalized spacial score (nSPS) is 17.7. The molecule has 1 aliphatic rings. The van der Waals surface area contributed by atoms with Crippen LogP contribution in [0.15, 0.2) is 24.3 Å². The van der Waals surface area contributed by atoms with Gasteiger partial charge in [-0.1, -0.05) is 59.5 Å². The lowest BCUT2D eigenvalue weighted by Gasteiger charge is -2.35. The van der Waals surface area contributed by atoms with Crippen LogP contribution < -0.4 is 5.32 Å². The van der Waals surface area contributed by atoms with Crippen LogP contribution in [0, 0.1) is 12.3 Å². The van der Waals surface area contributed by atoms with Gasteiger partial charge in [-0.15, -0.1) is 0 Å². The van der Waals surface area contributed by atoms with Gasteiger partial charge in [0.15, 0.2) is 0 Å². The van der Waals surface area contributed by atoms with Crippen molar-refractivity contribution in [2.45, 2.75) is 45.4 Å². The highest BCUT2D eigenvalue weighted by molar-refractivity contribution is 9.09. The molecule has 0 bridgehead atoms. The summed E-state index contributed by atoms with van der Waals surface area (Å²) in [4.78, 5) is 12.1. The van der Waals surface area contributed by atoms with E-state index in [1.165, 1.54) is 37.7 Å². The Bertz CT molecular complexity index is 452. The molecule has 2 nitrogen and oxygen atoms in total. The van der Waals surface area contributed by atoms with Crippen molar-refractivity contribution in [3.63, 3.8) is 0 Å². The van der Waals surface area contributed by atoms with Gasteiger partial charge in [0.25, 0.3) is 0 Å².